The first-order valence-electron chi connectivity index (χ1n) is 14.0. The smallest absolute Gasteiger partial charge is 0.196 e. The lowest BCUT2D eigenvalue weighted by Crippen LogP contribution is -2.11. The van der Waals surface area contributed by atoms with E-state index >= 15 is 0 Å². The first-order valence-corrected chi connectivity index (χ1v) is 15.9. The highest BCUT2D eigenvalue weighted by Crippen LogP contribution is 2.35. The second-order valence-electron chi connectivity index (χ2n) is 8.25. The van der Waals surface area contributed by atoms with Gasteiger partial charge in [-0.1, -0.05) is 105 Å². The van der Waals surface area contributed by atoms with Crippen LogP contribution in [0.25, 0.3) is 5.69 Å². The lowest BCUT2D eigenvalue weighted by atomic mass is 10.0. The molecule has 1 unspecified atom stereocenters. The molecule has 0 saturated heterocycles. The zero-order valence-corrected chi connectivity index (χ0v) is 27.5. The van der Waals surface area contributed by atoms with Crippen LogP contribution in [0.3, 0.4) is 0 Å². The maximum absolute atomic E-state index is 9.17. The van der Waals surface area contributed by atoms with Crippen molar-refractivity contribution in [3.05, 3.63) is 89.3 Å². The number of halogens is 2. The molecule has 0 fully saturated rings. The second kappa shape index (κ2) is 24.5. The molecule has 1 atom stereocenters. The number of rotatable bonds is 14. The van der Waals surface area contributed by atoms with Gasteiger partial charge in [-0.25, -0.2) is 0 Å². The fourth-order valence-corrected chi connectivity index (χ4v) is 5.04. The maximum Gasteiger partial charge on any atom is 0.196 e. The lowest BCUT2D eigenvalue weighted by Gasteiger charge is -2.20. The number of hydrogen-bond donors (Lipinski definition) is 2. The van der Waals surface area contributed by atoms with E-state index in [1.165, 1.54) is 11.1 Å². The first-order chi connectivity index (χ1) is 19.5. The molecule has 2 rings (SSSR count). The van der Waals surface area contributed by atoms with E-state index in [2.05, 4.69) is 65.1 Å². The van der Waals surface area contributed by atoms with Gasteiger partial charge in [-0.3, -0.25) is 4.57 Å². The summed E-state index contributed by atoms with van der Waals surface area (Å²) >= 11 is 12.7. The number of benzene rings is 1. The molecular formula is C32H48Cl2N4OS. The number of thioether (sulfide) groups is 1. The van der Waals surface area contributed by atoms with E-state index in [-0.39, 0.29) is 11.9 Å². The van der Waals surface area contributed by atoms with Crippen molar-refractivity contribution < 1.29 is 5.11 Å². The SMILES string of the molecule is C/C=C\CCl.CC.C\C=C/C(=C\C=C\Cl)C(Sc1nnc(CCC)n1-c1cccc(NCCO)c1)/C(C)=C/CC. The number of allylic oxidation sites excluding steroid dienone is 7. The zero-order chi connectivity index (χ0) is 30.2. The van der Waals surface area contributed by atoms with E-state index in [4.69, 9.17) is 23.2 Å². The van der Waals surface area contributed by atoms with Gasteiger partial charge in [-0.05, 0) is 57.4 Å². The van der Waals surface area contributed by atoms with Crippen molar-refractivity contribution in [3.63, 3.8) is 0 Å². The van der Waals surface area contributed by atoms with E-state index in [1.807, 2.05) is 70.2 Å². The molecule has 1 aromatic carbocycles. The average Bonchev–Trinajstić information content (AvgIpc) is 3.37. The summed E-state index contributed by atoms with van der Waals surface area (Å²) in [5.41, 5.74) is 5.89. The highest BCUT2D eigenvalue weighted by atomic mass is 35.5. The Labute approximate surface area is 257 Å². The third-order valence-electron chi connectivity index (χ3n) is 5.23. The Morgan fingerprint density at radius 2 is 1.93 bits per heavy atom. The standard InChI is InChI=1S/C26H35ClN4OS.C4H7Cl.C2H6/c1-5-10-20(4)25(21(11-6-2)13-9-16-27)33-26-30-29-24(12-7-3)31(26)23-15-8-14-22(19-23)28-17-18-32;1-2-3-4-5;1-2/h6,8-11,13-16,19,25,28,32H,5,7,12,17-18H2,1-4H3;2-3H,4H2,1H3;1-2H3/b11-6-,16-9+,20-10+,21-13+;3-2-;. The van der Waals surface area contributed by atoms with Gasteiger partial charge in [0, 0.05) is 30.1 Å². The molecule has 0 saturated carbocycles. The van der Waals surface area contributed by atoms with Crippen LogP contribution in [0.4, 0.5) is 5.69 Å². The van der Waals surface area contributed by atoms with Crippen LogP contribution < -0.4 is 5.32 Å². The number of anilines is 1. The van der Waals surface area contributed by atoms with Crippen LogP contribution in [-0.2, 0) is 6.42 Å². The monoisotopic (exact) mass is 606 g/mol. The van der Waals surface area contributed by atoms with Crippen molar-refractivity contribution in [2.45, 2.75) is 78.1 Å². The molecule has 8 heteroatoms. The van der Waals surface area contributed by atoms with Gasteiger partial charge in [0.05, 0.1) is 17.5 Å². The Kier molecular flexibility index (Phi) is 23.2. The zero-order valence-electron chi connectivity index (χ0n) is 25.2. The Morgan fingerprint density at radius 1 is 1.18 bits per heavy atom. The van der Waals surface area contributed by atoms with E-state index in [0.717, 1.165) is 47.2 Å². The van der Waals surface area contributed by atoms with Gasteiger partial charge in [-0.2, -0.15) is 0 Å². The number of nitrogens with one attached hydrogen (secondary N) is 1. The van der Waals surface area contributed by atoms with E-state index in [1.54, 1.807) is 11.8 Å². The Hall–Kier alpha value is -2.25. The minimum absolute atomic E-state index is 0.0714. The third kappa shape index (κ3) is 13.9. The molecule has 0 aliphatic carbocycles. The number of aliphatic hydroxyl groups is 1. The Morgan fingerprint density at radius 3 is 2.48 bits per heavy atom. The van der Waals surface area contributed by atoms with Crippen LogP contribution in [0.5, 0.6) is 0 Å². The summed E-state index contributed by atoms with van der Waals surface area (Å²) in [6.45, 7) is 15.0. The molecule has 2 N–H and O–H groups in total. The molecule has 0 radical (unpaired) electrons. The lowest BCUT2D eigenvalue weighted by molar-refractivity contribution is 0.311. The highest BCUT2D eigenvalue weighted by molar-refractivity contribution is 8.00. The van der Waals surface area contributed by atoms with Gasteiger partial charge in [0.25, 0.3) is 0 Å². The average molecular weight is 608 g/mol. The third-order valence-corrected chi connectivity index (χ3v) is 6.91. The topological polar surface area (TPSA) is 63.0 Å². The van der Waals surface area contributed by atoms with Crippen LogP contribution in [0, 0.1) is 0 Å². The number of nitrogens with zero attached hydrogens (tertiary/aromatic N) is 3. The highest BCUT2D eigenvalue weighted by Gasteiger charge is 2.22. The van der Waals surface area contributed by atoms with Crippen LogP contribution in [-0.4, -0.2) is 44.2 Å². The molecule has 222 valence electrons. The first kappa shape index (κ1) is 37.8. The van der Waals surface area contributed by atoms with E-state index in [9.17, 15) is 5.11 Å². The predicted octanol–water partition coefficient (Wildman–Crippen LogP) is 9.52. The summed E-state index contributed by atoms with van der Waals surface area (Å²) in [5, 5.41) is 22.5. The molecule has 1 heterocycles. The van der Waals surface area contributed by atoms with Gasteiger partial charge < -0.3 is 10.4 Å². The largest absolute Gasteiger partial charge is 0.395 e. The summed E-state index contributed by atoms with van der Waals surface area (Å²) in [4.78, 5) is 0. The fraction of sp³-hybridized carbons (Fsp3) is 0.438. The summed E-state index contributed by atoms with van der Waals surface area (Å²) < 4.78 is 2.15. The summed E-state index contributed by atoms with van der Waals surface area (Å²) in [6, 6.07) is 8.15. The van der Waals surface area contributed by atoms with Gasteiger partial charge in [0.15, 0.2) is 5.16 Å². The summed E-state index contributed by atoms with van der Waals surface area (Å²) in [5.74, 6) is 1.57. The predicted molar refractivity (Wildman–Crippen MR) is 179 cm³/mol. The van der Waals surface area contributed by atoms with Gasteiger partial charge in [-0.15, -0.1) is 21.8 Å². The summed E-state index contributed by atoms with van der Waals surface area (Å²) in [6.07, 6.45) is 16.9. The normalized spacial score (nSPS) is 12.8. The van der Waals surface area contributed by atoms with Crippen molar-refractivity contribution in [1.29, 1.82) is 0 Å². The molecule has 2 aromatic rings. The molecule has 0 aliphatic rings. The van der Waals surface area contributed by atoms with Crippen molar-refractivity contribution in [3.8, 4) is 5.69 Å². The maximum atomic E-state index is 9.17. The van der Waals surface area contributed by atoms with E-state index < -0.39 is 0 Å². The minimum Gasteiger partial charge on any atom is -0.395 e. The fourth-order valence-electron chi connectivity index (χ4n) is 3.59. The van der Waals surface area contributed by atoms with Crippen molar-refractivity contribution in [2.75, 3.05) is 24.3 Å². The number of hydrogen-bond acceptors (Lipinski definition) is 5. The molecule has 40 heavy (non-hydrogen) atoms. The molecular weight excluding hydrogens is 559 g/mol. The number of aliphatic hydroxyl groups excluding tert-OH is 1. The molecule has 1 aromatic heterocycles. The molecule has 0 spiro atoms. The molecule has 0 amide bonds. The quantitative estimate of drug-likeness (QED) is 0.0969. The number of alkyl halides is 1. The Balaban J connectivity index is 0.00000195. The number of aromatic nitrogens is 3. The molecule has 5 nitrogen and oxygen atoms in total. The van der Waals surface area contributed by atoms with Crippen LogP contribution in [0.1, 0.15) is 67.1 Å². The van der Waals surface area contributed by atoms with Gasteiger partial charge >= 0.3 is 0 Å². The van der Waals surface area contributed by atoms with Crippen LogP contribution in [0.2, 0.25) is 0 Å². The van der Waals surface area contributed by atoms with Crippen molar-refractivity contribution in [2.24, 2.45) is 0 Å². The minimum atomic E-state index is 0.0714. The second-order valence-corrected chi connectivity index (χ2v) is 9.88. The van der Waals surface area contributed by atoms with Crippen molar-refractivity contribution >= 4 is 40.7 Å². The Bertz CT molecular complexity index is 1090. The van der Waals surface area contributed by atoms with Gasteiger partial charge in [0.2, 0.25) is 0 Å². The number of aryl methyl sites for hydroxylation is 1. The van der Waals surface area contributed by atoms with E-state index in [0.29, 0.717) is 12.4 Å². The van der Waals surface area contributed by atoms with Gasteiger partial charge in [0.1, 0.15) is 5.82 Å². The van der Waals surface area contributed by atoms with Crippen molar-refractivity contribution in [1.82, 2.24) is 14.8 Å². The molecule has 0 bridgehead atoms. The molecule has 0 aliphatic heterocycles. The van der Waals surface area contributed by atoms with Crippen LogP contribution in [0.15, 0.2) is 88.6 Å². The summed E-state index contributed by atoms with van der Waals surface area (Å²) in [7, 11) is 0. The van der Waals surface area contributed by atoms with Crippen LogP contribution >= 0.6 is 35.0 Å².